The van der Waals surface area contributed by atoms with Crippen LogP contribution in [0.2, 0.25) is 0 Å². The Kier molecular flexibility index (Phi) is 7.74. The Morgan fingerprint density at radius 3 is 2.32 bits per heavy atom. The quantitative estimate of drug-likeness (QED) is 0.186. The molecule has 0 fully saturated rings. The fraction of sp³-hybridized carbons (Fsp3) is 0.100. The maximum Gasteiger partial charge on any atom is 0.342 e. The van der Waals surface area contributed by atoms with E-state index in [4.69, 9.17) is 9.72 Å². The summed E-state index contributed by atoms with van der Waals surface area (Å²) in [5.41, 5.74) is 4.63. The highest BCUT2D eigenvalue weighted by Crippen LogP contribution is 2.38. The maximum atomic E-state index is 13.8. The number of esters is 1. The number of nitrogens with zero attached hydrogens (tertiary/aromatic N) is 1. The molecule has 3 aromatic carbocycles. The molecule has 1 amide bonds. The first kappa shape index (κ1) is 26.3. The van der Waals surface area contributed by atoms with Crippen LogP contribution >= 0.6 is 43.2 Å². The second kappa shape index (κ2) is 11.2. The second-order valence-electron chi connectivity index (χ2n) is 8.85. The van der Waals surface area contributed by atoms with Crippen LogP contribution in [0.5, 0.6) is 0 Å². The van der Waals surface area contributed by atoms with Crippen LogP contribution in [0.15, 0.2) is 93.2 Å². The average Bonchev–Trinajstić information content (AvgIpc) is 3.32. The highest BCUT2D eigenvalue weighted by atomic mass is 79.9. The number of rotatable bonds is 6. The van der Waals surface area contributed by atoms with E-state index in [1.807, 2.05) is 78.2 Å². The van der Waals surface area contributed by atoms with E-state index in [-0.39, 0.29) is 12.0 Å². The maximum absolute atomic E-state index is 13.8. The number of ether oxygens (including phenoxy) is 1. The third-order valence-corrected chi connectivity index (χ3v) is 7.72. The Morgan fingerprint density at radius 2 is 1.61 bits per heavy atom. The molecule has 5 aromatic rings. The number of carbonyl (C=O) groups is 2. The zero-order valence-corrected chi connectivity index (χ0v) is 24.5. The minimum absolute atomic E-state index is 0.307. The molecule has 0 bridgehead atoms. The number of halogens is 2. The number of pyridine rings is 1. The third kappa shape index (κ3) is 5.57. The number of thiophene rings is 1. The van der Waals surface area contributed by atoms with Crippen LogP contribution < -0.4 is 5.32 Å². The van der Waals surface area contributed by atoms with Crippen molar-refractivity contribution in [3.63, 3.8) is 0 Å². The molecule has 0 unspecified atom stereocenters. The molecule has 5 rings (SSSR count). The van der Waals surface area contributed by atoms with Gasteiger partial charge in [0.15, 0.2) is 0 Å². The van der Waals surface area contributed by atoms with Gasteiger partial charge < -0.3 is 10.1 Å². The number of benzene rings is 3. The first-order valence-corrected chi connectivity index (χ1v) is 14.3. The summed E-state index contributed by atoms with van der Waals surface area (Å²) in [4.78, 5) is 31.8. The second-order valence-corrected chi connectivity index (χ2v) is 11.6. The molecule has 0 aliphatic carbocycles. The van der Waals surface area contributed by atoms with Crippen LogP contribution in [-0.2, 0) is 4.74 Å². The number of amides is 1. The first-order valence-electron chi connectivity index (χ1n) is 11.9. The third-order valence-electron chi connectivity index (χ3n) is 5.81. The van der Waals surface area contributed by atoms with Crippen molar-refractivity contribution in [2.45, 2.75) is 20.0 Å². The summed E-state index contributed by atoms with van der Waals surface area (Å²) < 4.78 is 7.33. The lowest BCUT2D eigenvalue weighted by molar-refractivity contribution is 0.0380. The van der Waals surface area contributed by atoms with Crippen molar-refractivity contribution in [1.29, 1.82) is 0 Å². The summed E-state index contributed by atoms with van der Waals surface area (Å²) in [5.74, 6) is -0.822. The van der Waals surface area contributed by atoms with Gasteiger partial charge in [0, 0.05) is 30.8 Å². The summed E-state index contributed by atoms with van der Waals surface area (Å²) >= 11 is 8.26. The molecule has 2 heterocycles. The first-order chi connectivity index (χ1) is 18.3. The van der Waals surface area contributed by atoms with E-state index in [1.54, 1.807) is 19.9 Å². The Labute approximate surface area is 241 Å². The summed E-state index contributed by atoms with van der Waals surface area (Å²) in [6.07, 6.45) is -0.307. The van der Waals surface area contributed by atoms with E-state index in [2.05, 4.69) is 37.2 Å². The van der Waals surface area contributed by atoms with Gasteiger partial charge in [-0.05, 0) is 55.8 Å². The number of carbonyl (C=O) groups excluding carboxylic acids is 2. The molecule has 0 saturated carbocycles. The molecule has 8 heteroatoms. The molecular formula is C30H22Br2N2O3S. The van der Waals surface area contributed by atoms with Gasteiger partial charge in [-0.25, -0.2) is 9.78 Å². The Bertz CT molecular complexity index is 1650. The average molecular weight is 650 g/mol. The van der Waals surface area contributed by atoms with Crippen molar-refractivity contribution in [3.05, 3.63) is 104 Å². The monoisotopic (exact) mass is 648 g/mol. The van der Waals surface area contributed by atoms with Gasteiger partial charge in [-0.15, -0.1) is 11.3 Å². The predicted octanol–water partition coefficient (Wildman–Crippen LogP) is 8.97. The highest BCUT2D eigenvalue weighted by Gasteiger charge is 2.25. The van der Waals surface area contributed by atoms with Gasteiger partial charge >= 0.3 is 5.97 Å². The molecule has 0 aliphatic heterocycles. The van der Waals surface area contributed by atoms with Gasteiger partial charge in [0.05, 0.1) is 22.9 Å². The molecule has 0 saturated heterocycles. The van der Waals surface area contributed by atoms with Gasteiger partial charge in [-0.3, -0.25) is 4.79 Å². The lowest BCUT2D eigenvalue weighted by Gasteiger charge is -2.13. The van der Waals surface area contributed by atoms with E-state index < -0.39 is 5.97 Å². The fourth-order valence-corrected chi connectivity index (χ4v) is 5.66. The van der Waals surface area contributed by atoms with E-state index in [0.717, 1.165) is 20.1 Å². The van der Waals surface area contributed by atoms with Gasteiger partial charge in [0.1, 0.15) is 10.6 Å². The van der Waals surface area contributed by atoms with Crippen LogP contribution in [0.1, 0.15) is 34.6 Å². The zero-order chi connectivity index (χ0) is 26.8. The highest BCUT2D eigenvalue weighted by molar-refractivity contribution is 9.10. The molecule has 0 atom stereocenters. The van der Waals surface area contributed by atoms with Gasteiger partial charge in [0.25, 0.3) is 5.91 Å². The van der Waals surface area contributed by atoms with Crippen molar-refractivity contribution in [3.8, 4) is 22.4 Å². The van der Waals surface area contributed by atoms with E-state index in [0.29, 0.717) is 38.3 Å². The summed E-state index contributed by atoms with van der Waals surface area (Å²) in [6, 6.07) is 24.8. The summed E-state index contributed by atoms with van der Waals surface area (Å²) in [7, 11) is 0. The Balaban J connectivity index is 1.60. The smallest absolute Gasteiger partial charge is 0.342 e. The predicted molar refractivity (Wildman–Crippen MR) is 161 cm³/mol. The van der Waals surface area contributed by atoms with Crippen LogP contribution in [0, 0.1) is 0 Å². The lowest BCUT2D eigenvalue weighted by Crippen LogP contribution is -2.17. The number of hydrogen-bond acceptors (Lipinski definition) is 5. The molecule has 190 valence electrons. The number of nitrogens with one attached hydrogen (secondary N) is 1. The standard InChI is InChI=1S/C30H22Br2N2O3S/c1-17(2)37-30(36)27-24(18-8-10-20(31)11-9-18)16-38-29(27)34-28(35)23-15-26(19-6-4-3-5-7-19)33-25-13-12-21(32)14-22(23)25/h3-17H,1-2H3,(H,34,35). The van der Waals surface area contributed by atoms with Crippen molar-refractivity contribution in [2.75, 3.05) is 5.32 Å². The van der Waals surface area contributed by atoms with E-state index >= 15 is 0 Å². The Hall–Kier alpha value is -3.33. The van der Waals surface area contributed by atoms with Crippen molar-refractivity contribution in [2.24, 2.45) is 0 Å². The van der Waals surface area contributed by atoms with Crippen LogP contribution in [0.25, 0.3) is 33.3 Å². The minimum Gasteiger partial charge on any atom is -0.459 e. The summed E-state index contributed by atoms with van der Waals surface area (Å²) in [6.45, 7) is 3.60. The molecule has 0 aliphatic rings. The van der Waals surface area contributed by atoms with Crippen LogP contribution in [-0.4, -0.2) is 23.0 Å². The fourth-order valence-electron chi connectivity index (χ4n) is 4.08. The number of aromatic nitrogens is 1. The van der Waals surface area contributed by atoms with Crippen LogP contribution in [0.4, 0.5) is 5.00 Å². The topological polar surface area (TPSA) is 68.3 Å². The number of hydrogen-bond donors (Lipinski definition) is 1. The molecule has 2 aromatic heterocycles. The minimum atomic E-state index is -0.484. The Morgan fingerprint density at radius 1 is 0.895 bits per heavy atom. The normalized spacial score (nSPS) is 11.1. The van der Waals surface area contributed by atoms with Crippen molar-refractivity contribution >= 4 is 71.0 Å². The van der Waals surface area contributed by atoms with Gasteiger partial charge in [-0.1, -0.05) is 74.3 Å². The SMILES string of the molecule is CC(C)OC(=O)c1c(-c2ccc(Br)cc2)csc1NC(=O)c1cc(-c2ccccc2)nc2ccc(Br)cc12. The largest absolute Gasteiger partial charge is 0.459 e. The molecule has 0 spiro atoms. The molecular weight excluding hydrogens is 628 g/mol. The number of anilines is 1. The van der Waals surface area contributed by atoms with Gasteiger partial charge in [-0.2, -0.15) is 0 Å². The van der Waals surface area contributed by atoms with Gasteiger partial charge in [0.2, 0.25) is 0 Å². The van der Waals surface area contributed by atoms with E-state index in [1.165, 1.54) is 11.3 Å². The number of fused-ring (bicyclic) bond motifs is 1. The lowest BCUT2D eigenvalue weighted by atomic mass is 10.0. The summed E-state index contributed by atoms with van der Waals surface area (Å²) in [5, 5.41) is 6.00. The van der Waals surface area contributed by atoms with Crippen LogP contribution in [0.3, 0.4) is 0 Å². The zero-order valence-electron chi connectivity index (χ0n) is 20.5. The molecule has 5 nitrogen and oxygen atoms in total. The molecule has 0 radical (unpaired) electrons. The molecule has 1 N–H and O–H groups in total. The molecule has 38 heavy (non-hydrogen) atoms. The van der Waals surface area contributed by atoms with Crippen molar-refractivity contribution in [1.82, 2.24) is 4.98 Å². The van der Waals surface area contributed by atoms with E-state index in [9.17, 15) is 9.59 Å². The van der Waals surface area contributed by atoms with Crippen molar-refractivity contribution < 1.29 is 14.3 Å².